The van der Waals surface area contributed by atoms with Gasteiger partial charge in [-0.15, -0.1) is 0 Å². The summed E-state index contributed by atoms with van der Waals surface area (Å²) < 4.78 is 14.6. The van der Waals surface area contributed by atoms with Crippen molar-refractivity contribution in [3.63, 3.8) is 0 Å². The molecule has 144 valence electrons. The number of anilines is 1. The second kappa shape index (κ2) is 8.43. The van der Waals surface area contributed by atoms with E-state index in [1.54, 1.807) is 48.1 Å². The number of carbonyl (C=O) groups excluding carboxylic acids is 2. The fraction of sp³-hybridized carbons (Fsp3) is 0.200. The van der Waals surface area contributed by atoms with Gasteiger partial charge in [-0.1, -0.05) is 19.1 Å². The number of nitrogens with zero attached hydrogens (tertiary/aromatic N) is 3. The highest BCUT2D eigenvalue weighted by Crippen LogP contribution is 2.14. The van der Waals surface area contributed by atoms with Crippen molar-refractivity contribution < 1.29 is 14.0 Å². The normalized spacial score (nSPS) is 11.7. The van der Waals surface area contributed by atoms with Gasteiger partial charge in [0.1, 0.15) is 23.7 Å². The van der Waals surface area contributed by atoms with Gasteiger partial charge in [0.05, 0.1) is 17.9 Å². The van der Waals surface area contributed by atoms with Crippen LogP contribution in [0.4, 0.5) is 10.1 Å². The number of rotatable bonds is 6. The van der Waals surface area contributed by atoms with E-state index in [1.807, 2.05) is 6.92 Å². The van der Waals surface area contributed by atoms with Crippen LogP contribution in [-0.2, 0) is 4.79 Å². The van der Waals surface area contributed by atoms with Crippen molar-refractivity contribution in [3.8, 4) is 5.82 Å². The lowest BCUT2D eigenvalue weighted by molar-refractivity contribution is -0.115. The summed E-state index contributed by atoms with van der Waals surface area (Å²) in [5.41, 5.74) is 1.63. The summed E-state index contributed by atoms with van der Waals surface area (Å²) in [6, 6.07) is 9.11. The zero-order chi connectivity index (χ0) is 20.1. The Morgan fingerprint density at radius 1 is 1.14 bits per heavy atom. The molecule has 0 saturated heterocycles. The number of carbonyl (C=O) groups is 2. The van der Waals surface area contributed by atoms with Crippen LogP contribution in [0.15, 0.2) is 55.1 Å². The molecule has 0 spiro atoms. The molecule has 3 rings (SSSR count). The Hall–Kier alpha value is -3.55. The highest BCUT2D eigenvalue weighted by atomic mass is 19.1. The molecule has 3 aromatic rings. The summed E-state index contributed by atoms with van der Waals surface area (Å²) in [7, 11) is 0. The first-order valence-electron chi connectivity index (χ1n) is 8.83. The first-order valence-corrected chi connectivity index (χ1v) is 8.83. The fourth-order valence-electron chi connectivity index (χ4n) is 2.53. The number of imidazole rings is 1. The van der Waals surface area contributed by atoms with Gasteiger partial charge in [0.15, 0.2) is 0 Å². The first kappa shape index (κ1) is 19.2. The van der Waals surface area contributed by atoms with E-state index in [-0.39, 0.29) is 29.4 Å². The van der Waals surface area contributed by atoms with E-state index < -0.39 is 0 Å². The highest BCUT2D eigenvalue weighted by Gasteiger charge is 2.14. The van der Waals surface area contributed by atoms with Crippen molar-refractivity contribution in [1.29, 1.82) is 0 Å². The van der Waals surface area contributed by atoms with Crippen LogP contribution in [0.1, 0.15) is 42.4 Å². The van der Waals surface area contributed by atoms with E-state index in [2.05, 4.69) is 20.6 Å². The Kier molecular flexibility index (Phi) is 5.78. The van der Waals surface area contributed by atoms with Crippen molar-refractivity contribution in [3.05, 3.63) is 72.2 Å². The zero-order valence-corrected chi connectivity index (χ0v) is 15.5. The molecule has 7 nitrogen and oxygen atoms in total. The largest absolute Gasteiger partial charge is 0.344 e. The first-order chi connectivity index (χ1) is 13.5. The molecule has 2 amide bonds. The van der Waals surface area contributed by atoms with Crippen LogP contribution >= 0.6 is 0 Å². The number of pyridine rings is 1. The van der Waals surface area contributed by atoms with Crippen molar-refractivity contribution >= 4 is 17.5 Å². The minimum atomic E-state index is -0.345. The van der Waals surface area contributed by atoms with E-state index in [1.165, 1.54) is 18.5 Å². The monoisotopic (exact) mass is 381 g/mol. The molecule has 1 aromatic carbocycles. The molecule has 2 heterocycles. The summed E-state index contributed by atoms with van der Waals surface area (Å²) in [6.07, 6.45) is 4.99. The molecule has 0 aliphatic heterocycles. The summed E-state index contributed by atoms with van der Waals surface area (Å²) in [5, 5.41) is 5.55. The molecular formula is C20H20FN5O2. The smallest absolute Gasteiger partial charge is 0.271 e. The highest BCUT2D eigenvalue weighted by molar-refractivity contribution is 5.92. The Balaban J connectivity index is 1.66. The molecule has 0 saturated carbocycles. The van der Waals surface area contributed by atoms with E-state index >= 15 is 0 Å². The quantitative estimate of drug-likeness (QED) is 0.686. The Labute approximate surface area is 161 Å². The third-order valence-electron chi connectivity index (χ3n) is 4.15. The Morgan fingerprint density at radius 2 is 1.89 bits per heavy atom. The van der Waals surface area contributed by atoms with Crippen LogP contribution in [0, 0.1) is 5.82 Å². The van der Waals surface area contributed by atoms with Gasteiger partial charge in [0, 0.05) is 12.6 Å². The van der Waals surface area contributed by atoms with Gasteiger partial charge in [-0.3, -0.25) is 14.2 Å². The van der Waals surface area contributed by atoms with Crippen LogP contribution in [0.5, 0.6) is 0 Å². The molecule has 0 aliphatic carbocycles. The number of hydrogen-bond acceptors (Lipinski definition) is 4. The lowest BCUT2D eigenvalue weighted by atomic mass is 10.1. The van der Waals surface area contributed by atoms with Gasteiger partial charge >= 0.3 is 0 Å². The van der Waals surface area contributed by atoms with E-state index in [0.717, 1.165) is 5.56 Å². The topological polar surface area (TPSA) is 88.9 Å². The summed E-state index contributed by atoms with van der Waals surface area (Å²) in [6.45, 7) is 3.58. The lowest BCUT2D eigenvalue weighted by Crippen LogP contribution is -2.26. The molecule has 1 atom stereocenters. The van der Waals surface area contributed by atoms with Crippen LogP contribution in [-0.4, -0.2) is 26.3 Å². The maximum atomic E-state index is 13.0. The standard InChI is InChI=1S/C20H20FN5O2/c1-3-19(27)25-16-8-9-18(22-10-16)26-11-17(23-12-26)20(28)24-13(2)14-4-6-15(21)7-5-14/h4-13H,3H2,1-2H3,(H,24,28)(H,25,27). The number of nitrogens with one attached hydrogen (secondary N) is 2. The maximum Gasteiger partial charge on any atom is 0.271 e. The molecule has 28 heavy (non-hydrogen) atoms. The van der Waals surface area contributed by atoms with E-state index in [4.69, 9.17) is 0 Å². The molecule has 8 heteroatoms. The average Bonchev–Trinajstić information content (AvgIpc) is 3.19. The van der Waals surface area contributed by atoms with E-state index in [9.17, 15) is 14.0 Å². The molecule has 2 aromatic heterocycles. The lowest BCUT2D eigenvalue weighted by Gasteiger charge is -2.13. The van der Waals surface area contributed by atoms with Crippen molar-refractivity contribution in [2.75, 3.05) is 5.32 Å². The Bertz CT molecular complexity index is 967. The minimum absolute atomic E-state index is 0.0913. The second-order valence-corrected chi connectivity index (χ2v) is 6.22. The number of halogens is 1. The minimum Gasteiger partial charge on any atom is -0.344 e. The van der Waals surface area contributed by atoms with Gasteiger partial charge in [-0.25, -0.2) is 14.4 Å². The van der Waals surface area contributed by atoms with Gasteiger partial charge in [0.2, 0.25) is 5.91 Å². The molecule has 0 bridgehead atoms. The van der Waals surface area contributed by atoms with Crippen LogP contribution in [0.2, 0.25) is 0 Å². The van der Waals surface area contributed by atoms with Crippen molar-refractivity contribution in [1.82, 2.24) is 19.9 Å². The van der Waals surface area contributed by atoms with Gasteiger partial charge in [-0.05, 0) is 36.8 Å². The number of amides is 2. The SMILES string of the molecule is CCC(=O)Nc1ccc(-n2cnc(C(=O)NC(C)c3ccc(F)cc3)c2)nc1. The summed E-state index contributed by atoms with van der Waals surface area (Å²) in [5.74, 6) is -0.199. The van der Waals surface area contributed by atoms with Gasteiger partial charge in [-0.2, -0.15) is 0 Å². The van der Waals surface area contributed by atoms with Crippen LogP contribution < -0.4 is 10.6 Å². The Morgan fingerprint density at radius 3 is 2.54 bits per heavy atom. The molecule has 0 aliphatic rings. The summed E-state index contributed by atoms with van der Waals surface area (Å²) in [4.78, 5) is 32.2. The third kappa shape index (κ3) is 4.59. The number of hydrogen-bond donors (Lipinski definition) is 2. The average molecular weight is 381 g/mol. The van der Waals surface area contributed by atoms with Crippen molar-refractivity contribution in [2.24, 2.45) is 0 Å². The summed E-state index contributed by atoms with van der Waals surface area (Å²) >= 11 is 0. The molecule has 2 N–H and O–H groups in total. The predicted octanol–water partition coefficient (Wildman–Crippen LogP) is 3.25. The molecular weight excluding hydrogens is 361 g/mol. The molecule has 0 fully saturated rings. The van der Waals surface area contributed by atoms with Crippen molar-refractivity contribution in [2.45, 2.75) is 26.3 Å². The van der Waals surface area contributed by atoms with Crippen LogP contribution in [0.25, 0.3) is 5.82 Å². The molecule has 0 radical (unpaired) electrons. The second-order valence-electron chi connectivity index (χ2n) is 6.22. The third-order valence-corrected chi connectivity index (χ3v) is 4.15. The molecule has 1 unspecified atom stereocenters. The van der Waals surface area contributed by atoms with Gasteiger partial charge < -0.3 is 10.6 Å². The fourth-order valence-corrected chi connectivity index (χ4v) is 2.53. The number of benzene rings is 1. The zero-order valence-electron chi connectivity index (χ0n) is 15.5. The maximum absolute atomic E-state index is 13.0. The van der Waals surface area contributed by atoms with Gasteiger partial charge in [0.25, 0.3) is 5.91 Å². The van der Waals surface area contributed by atoms with E-state index in [0.29, 0.717) is 17.9 Å². The van der Waals surface area contributed by atoms with Crippen LogP contribution in [0.3, 0.4) is 0 Å². The predicted molar refractivity (Wildman–Crippen MR) is 103 cm³/mol. The number of aromatic nitrogens is 3.